The highest BCUT2D eigenvalue weighted by molar-refractivity contribution is 6.06. The number of nitrogens with one attached hydrogen (secondary N) is 1. The lowest BCUT2D eigenvalue weighted by molar-refractivity contribution is -0.130. The summed E-state index contributed by atoms with van der Waals surface area (Å²) in [6, 6.07) is -0.264. The van der Waals surface area contributed by atoms with Gasteiger partial charge in [0.05, 0.1) is 6.10 Å². The zero-order valence-electron chi connectivity index (χ0n) is 13.4. The average Bonchev–Trinajstić information content (AvgIpc) is 2.63. The van der Waals surface area contributed by atoms with Crippen LogP contribution < -0.4 is 5.32 Å². The Labute approximate surface area is 126 Å². The normalized spacial score (nSPS) is 26.8. The molecular weight excluding hydrogens is 270 g/mol. The number of carbonyl (C=O) groups is 2. The molecule has 2 saturated heterocycles. The van der Waals surface area contributed by atoms with Crippen LogP contribution in [0.3, 0.4) is 0 Å². The minimum Gasteiger partial charge on any atom is -0.381 e. The van der Waals surface area contributed by atoms with Gasteiger partial charge in [-0.3, -0.25) is 9.69 Å². The summed E-state index contributed by atoms with van der Waals surface area (Å²) >= 11 is 0. The third-order valence-corrected chi connectivity index (χ3v) is 4.40. The molecule has 0 aromatic rings. The summed E-state index contributed by atoms with van der Waals surface area (Å²) in [4.78, 5) is 27.6. The van der Waals surface area contributed by atoms with Crippen LogP contribution in [0.2, 0.25) is 0 Å². The van der Waals surface area contributed by atoms with E-state index in [4.69, 9.17) is 4.74 Å². The van der Waals surface area contributed by atoms with Crippen molar-refractivity contribution in [3.8, 4) is 0 Å². The summed E-state index contributed by atoms with van der Waals surface area (Å²) in [5.41, 5.74) is -0.759. The molecule has 0 aliphatic carbocycles. The molecule has 6 nitrogen and oxygen atoms in total. The van der Waals surface area contributed by atoms with Gasteiger partial charge in [0.1, 0.15) is 5.54 Å². The number of imide groups is 1. The molecule has 0 spiro atoms. The number of hydrogen-bond donors (Lipinski definition) is 1. The van der Waals surface area contributed by atoms with Crippen molar-refractivity contribution in [3.05, 3.63) is 0 Å². The third-order valence-electron chi connectivity index (χ3n) is 4.40. The van der Waals surface area contributed by atoms with Gasteiger partial charge >= 0.3 is 6.03 Å². The Morgan fingerprint density at radius 3 is 2.62 bits per heavy atom. The van der Waals surface area contributed by atoms with Crippen molar-refractivity contribution < 1.29 is 14.3 Å². The first-order chi connectivity index (χ1) is 9.94. The Morgan fingerprint density at radius 1 is 1.24 bits per heavy atom. The molecule has 120 valence electrons. The van der Waals surface area contributed by atoms with E-state index in [1.165, 1.54) is 4.90 Å². The molecule has 1 unspecified atom stereocenters. The molecule has 6 heteroatoms. The molecule has 2 aliphatic heterocycles. The molecular formula is C15H27N3O3. The largest absolute Gasteiger partial charge is 0.381 e. The number of carbonyl (C=O) groups excluding carboxylic acids is 2. The van der Waals surface area contributed by atoms with Crippen LogP contribution in [0.4, 0.5) is 4.79 Å². The first-order valence-corrected chi connectivity index (χ1v) is 7.83. The Kier molecular flexibility index (Phi) is 5.22. The zero-order chi connectivity index (χ0) is 15.5. The Morgan fingerprint density at radius 2 is 2.00 bits per heavy atom. The molecule has 1 atom stereocenters. The molecule has 2 rings (SSSR count). The third kappa shape index (κ3) is 3.95. The minimum absolute atomic E-state index is 0.122. The van der Waals surface area contributed by atoms with Crippen molar-refractivity contribution in [2.75, 3.05) is 33.3 Å². The van der Waals surface area contributed by atoms with Crippen LogP contribution in [0.1, 0.15) is 39.5 Å². The van der Waals surface area contributed by atoms with Gasteiger partial charge in [0.15, 0.2) is 0 Å². The van der Waals surface area contributed by atoms with Crippen LogP contribution in [-0.4, -0.2) is 66.7 Å². The fraction of sp³-hybridized carbons (Fsp3) is 0.867. The van der Waals surface area contributed by atoms with Gasteiger partial charge in [-0.15, -0.1) is 0 Å². The smallest absolute Gasteiger partial charge is 0.325 e. The van der Waals surface area contributed by atoms with E-state index in [1.54, 1.807) is 21.0 Å². The summed E-state index contributed by atoms with van der Waals surface area (Å²) in [7, 11) is 1.78. The van der Waals surface area contributed by atoms with Gasteiger partial charge in [0, 0.05) is 20.2 Å². The number of ether oxygens (including phenoxy) is 1. The van der Waals surface area contributed by atoms with Gasteiger partial charge in [-0.2, -0.15) is 0 Å². The second kappa shape index (κ2) is 6.75. The number of likely N-dealkylation sites (tertiary alicyclic amines) is 1. The lowest BCUT2D eigenvalue weighted by Crippen LogP contribution is -2.40. The Bertz CT molecular complexity index is 398. The highest BCUT2D eigenvalue weighted by Gasteiger charge is 2.43. The van der Waals surface area contributed by atoms with Crippen LogP contribution in [0.15, 0.2) is 0 Å². The molecule has 0 saturated carbocycles. The predicted molar refractivity (Wildman–Crippen MR) is 80.0 cm³/mol. The average molecular weight is 297 g/mol. The number of rotatable bonds is 5. The molecule has 0 aromatic heterocycles. The number of nitrogens with zero attached hydrogens (tertiary/aromatic N) is 2. The zero-order valence-corrected chi connectivity index (χ0v) is 13.4. The van der Waals surface area contributed by atoms with Crippen molar-refractivity contribution in [1.29, 1.82) is 0 Å². The fourth-order valence-electron chi connectivity index (χ4n) is 3.06. The summed E-state index contributed by atoms with van der Waals surface area (Å²) in [6.07, 6.45) is 4.53. The number of amides is 3. The minimum atomic E-state index is -0.759. The van der Waals surface area contributed by atoms with Gasteiger partial charge in [-0.1, -0.05) is 0 Å². The SMILES string of the molecule is COC1CCCN(CCCN2C(=O)NC(C)(C)C2=O)CC1. The van der Waals surface area contributed by atoms with Gasteiger partial charge in [0.25, 0.3) is 5.91 Å². The molecule has 0 aromatic carbocycles. The van der Waals surface area contributed by atoms with Crippen molar-refractivity contribution in [1.82, 2.24) is 15.1 Å². The fourth-order valence-corrected chi connectivity index (χ4v) is 3.06. The van der Waals surface area contributed by atoms with Gasteiger partial charge in [-0.05, 0) is 52.6 Å². The van der Waals surface area contributed by atoms with Crippen LogP contribution in [-0.2, 0) is 9.53 Å². The van der Waals surface area contributed by atoms with Crippen molar-refractivity contribution in [3.63, 3.8) is 0 Å². The molecule has 0 bridgehead atoms. The number of hydrogen-bond acceptors (Lipinski definition) is 4. The summed E-state index contributed by atoms with van der Waals surface area (Å²) < 4.78 is 5.42. The topological polar surface area (TPSA) is 61.9 Å². The summed E-state index contributed by atoms with van der Waals surface area (Å²) in [5.74, 6) is -0.122. The van der Waals surface area contributed by atoms with Crippen LogP contribution in [0.5, 0.6) is 0 Å². The maximum atomic E-state index is 12.1. The molecule has 21 heavy (non-hydrogen) atoms. The van der Waals surface area contributed by atoms with Gasteiger partial charge in [0.2, 0.25) is 0 Å². The molecule has 2 aliphatic rings. The highest BCUT2D eigenvalue weighted by Crippen LogP contribution is 2.17. The quantitative estimate of drug-likeness (QED) is 0.775. The van der Waals surface area contributed by atoms with Crippen molar-refractivity contribution in [2.45, 2.75) is 51.2 Å². The molecule has 1 N–H and O–H groups in total. The van der Waals surface area contributed by atoms with E-state index in [9.17, 15) is 9.59 Å². The van der Waals surface area contributed by atoms with E-state index >= 15 is 0 Å². The monoisotopic (exact) mass is 297 g/mol. The maximum absolute atomic E-state index is 12.1. The first kappa shape index (κ1) is 16.2. The van der Waals surface area contributed by atoms with E-state index in [2.05, 4.69) is 10.2 Å². The summed E-state index contributed by atoms with van der Waals surface area (Å²) in [5, 5.41) is 2.71. The van der Waals surface area contributed by atoms with E-state index in [0.717, 1.165) is 45.3 Å². The summed E-state index contributed by atoms with van der Waals surface area (Å²) in [6.45, 7) is 7.02. The number of urea groups is 1. The van der Waals surface area contributed by atoms with E-state index < -0.39 is 5.54 Å². The predicted octanol–water partition coefficient (Wildman–Crippen LogP) is 1.21. The van der Waals surface area contributed by atoms with Gasteiger partial charge < -0.3 is 15.0 Å². The molecule has 0 radical (unpaired) electrons. The van der Waals surface area contributed by atoms with Crippen LogP contribution >= 0.6 is 0 Å². The van der Waals surface area contributed by atoms with Crippen LogP contribution in [0.25, 0.3) is 0 Å². The lowest BCUT2D eigenvalue weighted by Gasteiger charge is -2.21. The highest BCUT2D eigenvalue weighted by atomic mass is 16.5. The Hall–Kier alpha value is -1.14. The lowest BCUT2D eigenvalue weighted by atomic mass is 10.1. The maximum Gasteiger partial charge on any atom is 0.325 e. The Balaban J connectivity index is 1.74. The second-order valence-electron chi connectivity index (χ2n) is 6.50. The van der Waals surface area contributed by atoms with Crippen LogP contribution in [0, 0.1) is 0 Å². The van der Waals surface area contributed by atoms with Gasteiger partial charge in [-0.25, -0.2) is 4.79 Å². The molecule has 2 heterocycles. The number of methoxy groups -OCH3 is 1. The van der Waals surface area contributed by atoms with E-state index in [0.29, 0.717) is 12.6 Å². The van der Waals surface area contributed by atoms with Crippen molar-refractivity contribution in [2.24, 2.45) is 0 Å². The molecule has 3 amide bonds. The van der Waals surface area contributed by atoms with E-state index in [-0.39, 0.29) is 11.9 Å². The second-order valence-corrected chi connectivity index (χ2v) is 6.50. The van der Waals surface area contributed by atoms with E-state index in [1.807, 2.05) is 0 Å². The molecule has 2 fully saturated rings. The standard InChI is InChI=1S/C15H27N3O3/c1-15(2)13(19)18(14(20)16-15)10-5-9-17-8-4-6-12(21-3)7-11-17/h12H,4-11H2,1-3H3,(H,16,20). The van der Waals surface area contributed by atoms with Crippen molar-refractivity contribution >= 4 is 11.9 Å². The first-order valence-electron chi connectivity index (χ1n) is 7.83.